The van der Waals surface area contributed by atoms with Crippen molar-refractivity contribution in [3.63, 3.8) is 0 Å². The van der Waals surface area contributed by atoms with E-state index in [-0.39, 0.29) is 23.9 Å². The van der Waals surface area contributed by atoms with Gasteiger partial charge in [-0.15, -0.1) is 0 Å². The molecule has 1 aliphatic heterocycles. The summed E-state index contributed by atoms with van der Waals surface area (Å²) >= 11 is 0. The summed E-state index contributed by atoms with van der Waals surface area (Å²) in [5.74, 6) is 0.0184. The Kier molecular flexibility index (Phi) is 3.60. The van der Waals surface area contributed by atoms with Crippen molar-refractivity contribution in [2.24, 2.45) is 5.92 Å². The Morgan fingerprint density at radius 2 is 1.75 bits per heavy atom. The number of anilines is 1. The summed E-state index contributed by atoms with van der Waals surface area (Å²) in [5.41, 5.74) is 6.69. The number of rotatable bonds is 3. The van der Waals surface area contributed by atoms with E-state index in [2.05, 4.69) is 0 Å². The highest BCUT2D eigenvalue weighted by Gasteiger charge is 2.49. The molecule has 0 bridgehead atoms. The van der Waals surface area contributed by atoms with Crippen molar-refractivity contribution in [2.75, 3.05) is 18.8 Å². The van der Waals surface area contributed by atoms with Crippen LogP contribution in [0.4, 0.5) is 5.69 Å². The van der Waals surface area contributed by atoms with Crippen molar-refractivity contribution in [1.29, 1.82) is 0 Å². The van der Waals surface area contributed by atoms with Crippen molar-refractivity contribution in [2.45, 2.75) is 38.2 Å². The first-order valence-electron chi connectivity index (χ1n) is 6.68. The summed E-state index contributed by atoms with van der Waals surface area (Å²) in [4.78, 5) is 0.170. The second kappa shape index (κ2) is 4.72. The molecule has 1 aromatic carbocycles. The highest BCUT2D eigenvalue weighted by Crippen LogP contribution is 2.36. The van der Waals surface area contributed by atoms with Crippen molar-refractivity contribution in [3.8, 4) is 0 Å². The zero-order chi connectivity index (χ0) is 15.3. The SMILES string of the molecule is Cc1ccc(C)c(S(=O)(=O)N2CC(O)(C(C)C)C2)c1N. The Labute approximate surface area is 120 Å². The second-order valence-electron chi connectivity index (χ2n) is 5.97. The maximum atomic E-state index is 12.7. The number of nitrogen functional groups attached to an aromatic ring is 1. The fourth-order valence-corrected chi connectivity index (χ4v) is 4.34. The number of aliphatic hydroxyl groups is 1. The topological polar surface area (TPSA) is 83.6 Å². The lowest BCUT2D eigenvalue weighted by atomic mass is 9.85. The van der Waals surface area contributed by atoms with E-state index in [1.54, 1.807) is 19.9 Å². The van der Waals surface area contributed by atoms with Gasteiger partial charge in [-0.25, -0.2) is 8.42 Å². The molecule has 1 aromatic rings. The van der Waals surface area contributed by atoms with E-state index in [1.807, 2.05) is 19.9 Å². The van der Waals surface area contributed by atoms with Gasteiger partial charge in [0.25, 0.3) is 0 Å². The highest BCUT2D eigenvalue weighted by atomic mass is 32.2. The fraction of sp³-hybridized carbons (Fsp3) is 0.571. The van der Waals surface area contributed by atoms with Gasteiger partial charge >= 0.3 is 0 Å². The Balaban J connectivity index is 2.38. The van der Waals surface area contributed by atoms with Gasteiger partial charge in [0, 0.05) is 13.1 Å². The van der Waals surface area contributed by atoms with Crippen LogP contribution in [0.2, 0.25) is 0 Å². The predicted molar refractivity (Wildman–Crippen MR) is 78.9 cm³/mol. The van der Waals surface area contributed by atoms with Crippen molar-refractivity contribution < 1.29 is 13.5 Å². The van der Waals surface area contributed by atoms with Gasteiger partial charge in [0.15, 0.2) is 0 Å². The fourth-order valence-electron chi connectivity index (χ4n) is 2.38. The van der Waals surface area contributed by atoms with Gasteiger partial charge in [-0.05, 0) is 30.9 Å². The van der Waals surface area contributed by atoms with Crippen LogP contribution in [-0.4, -0.2) is 36.5 Å². The Morgan fingerprint density at radius 1 is 1.25 bits per heavy atom. The van der Waals surface area contributed by atoms with E-state index in [4.69, 9.17) is 5.73 Å². The highest BCUT2D eigenvalue weighted by molar-refractivity contribution is 7.89. The quantitative estimate of drug-likeness (QED) is 0.823. The van der Waals surface area contributed by atoms with Gasteiger partial charge < -0.3 is 10.8 Å². The summed E-state index contributed by atoms with van der Waals surface area (Å²) in [7, 11) is -3.64. The minimum Gasteiger partial charge on any atom is -0.397 e. The molecule has 0 unspecified atom stereocenters. The standard InChI is InChI=1S/C14H22N2O3S/c1-9(2)14(17)7-16(8-14)20(18,19)13-11(4)6-5-10(3)12(13)15/h5-6,9,17H,7-8,15H2,1-4H3. The maximum absolute atomic E-state index is 12.7. The minimum absolute atomic E-state index is 0.0184. The number of sulfonamides is 1. The second-order valence-corrected chi connectivity index (χ2v) is 7.85. The number of benzene rings is 1. The number of aryl methyl sites for hydroxylation is 2. The molecule has 0 aromatic heterocycles. The average molecular weight is 298 g/mol. The monoisotopic (exact) mass is 298 g/mol. The summed E-state index contributed by atoms with van der Waals surface area (Å²) < 4.78 is 26.6. The van der Waals surface area contributed by atoms with Gasteiger partial charge in [-0.3, -0.25) is 0 Å². The van der Waals surface area contributed by atoms with Gasteiger partial charge in [-0.2, -0.15) is 4.31 Å². The van der Waals surface area contributed by atoms with Gasteiger partial charge in [0.05, 0.1) is 11.3 Å². The van der Waals surface area contributed by atoms with E-state index in [0.717, 1.165) is 5.56 Å². The molecule has 0 atom stereocenters. The lowest BCUT2D eigenvalue weighted by Gasteiger charge is -2.48. The maximum Gasteiger partial charge on any atom is 0.245 e. The largest absolute Gasteiger partial charge is 0.397 e. The molecular weight excluding hydrogens is 276 g/mol. The number of hydrogen-bond donors (Lipinski definition) is 2. The van der Waals surface area contributed by atoms with E-state index in [0.29, 0.717) is 11.3 Å². The molecule has 3 N–H and O–H groups in total. The van der Waals surface area contributed by atoms with Crippen LogP contribution in [0.5, 0.6) is 0 Å². The number of β-amino-alcohol motifs (C(OH)–C–C–N with tert-alkyl or cyclic N) is 1. The number of nitrogens with zero attached hydrogens (tertiary/aromatic N) is 1. The molecule has 0 amide bonds. The molecule has 1 heterocycles. The molecule has 1 aliphatic rings. The van der Waals surface area contributed by atoms with Gasteiger partial charge in [-0.1, -0.05) is 26.0 Å². The van der Waals surface area contributed by atoms with Crippen LogP contribution >= 0.6 is 0 Å². The first-order valence-corrected chi connectivity index (χ1v) is 8.12. The third kappa shape index (κ3) is 2.21. The lowest BCUT2D eigenvalue weighted by molar-refractivity contribution is -0.0932. The normalized spacial score (nSPS) is 19.1. The van der Waals surface area contributed by atoms with Crippen LogP contribution < -0.4 is 5.73 Å². The molecule has 6 heteroatoms. The van der Waals surface area contributed by atoms with E-state index < -0.39 is 15.6 Å². The third-order valence-electron chi connectivity index (χ3n) is 4.18. The van der Waals surface area contributed by atoms with Crippen LogP contribution in [-0.2, 0) is 10.0 Å². The smallest absolute Gasteiger partial charge is 0.245 e. The summed E-state index contributed by atoms with van der Waals surface area (Å²) in [6.07, 6.45) is 0. The molecule has 112 valence electrons. The number of nitrogens with two attached hydrogens (primary N) is 1. The van der Waals surface area contributed by atoms with Crippen LogP contribution in [0, 0.1) is 19.8 Å². The van der Waals surface area contributed by atoms with Gasteiger partial charge in [0.2, 0.25) is 10.0 Å². The summed E-state index contributed by atoms with van der Waals surface area (Å²) in [6.45, 7) is 7.54. The molecular formula is C14H22N2O3S. The van der Waals surface area contributed by atoms with Crippen LogP contribution in [0.25, 0.3) is 0 Å². The Hall–Kier alpha value is -1.11. The van der Waals surface area contributed by atoms with Gasteiger partial charge in [0.1, 0.15) is 4.90 Å². The summed E-state index contributed by atoms with van der Waals surface area (Å²) in [6, 6.07) is 3.57. The molecule has 2 rings (SSSR count). The van der Waals surface area contributed by atoms with Crippen molar-refractivity contribution >= 4 is 15.7 Å². The molecule has 1 fully saturated rings. The third-order valence-corrected chi connectivity index (χ3v) is 6.18. The minimum atomic E-state index is -3.64. The molecule has 0 spiro atoms. The Bertz CT molecular complexity index is 632. The van der Waals surface area contributed by atoms with E-state index in [1.165, 1.54) is 4.31 Å². The predicted octanol–water partition coefficient (Wildman–Crippen LogP) is 1.28. The van der Waals surface area contributed by atoms with Crippen molar-refractivity contribution in [3.05, 3.63) is 23.3 Å². The molecule has 1 saturated heterocycles. The molecule has 20 heavy (non-hydrogen) atoms. The average Bonchev–Trinajstić information content (AvgIpc) is 2.29. The van der Waals surface area contributed by atoms with Crippen molar-refractivity contribution in [1.82, 2.24) is 4.31 Å². The zero-order valence-corrected chi connectivity index (χ0v) is 13.2. The molecule has 0 saturated carbocycles. The molecule has 0 aliphatic carbocycles. The molecule has 5 nitrogen and oxygen atoms in total. The van der Waals surface area contributed by atoms with Crippen LogP contribution in [0.15, 0.2) is 17.0 Å². The lowest BCUT2D eigenvalue weighted by Crippen LogP contribution is -2.65. The molecule has 0 radical (unpaired) electrons. The zero-order valence-electron chi connectivity index (χ0n) is 12.3. The summed E-state index contributed by atoms with van der Waals surface area (Å²) in [5, 5.41) is 10.2. The van der Waals surface area contributed by atoms with Crippen LogP contribution in [0.3, 0.4) is 0 Å². The van der Waals surface area contributed by atoms with Crippen LogP contribution in [0.1, 0.15) is 25.0 Å². The van der Waals surface area contributed by atoms with E-state index in [9.17, 15) is 13.5 Å². The first-order chi connectivity index (χ1) is 9.09. The number of hydrogen-bond acceptors (Lipinski definition) is 4. The Morgan fingerprint density at radius 3 is 2.25 bits per heavy atom. The first kappa shape index (κ1) is 15.3. The van der Waals surface area contributed by atoms with E-state index >= 15 is 0 Å².